The number of hydrogen-bond acceptors (Lipinski definition) is 2. The van der Waals surface area contributed by atoms with Crippen LogP contribution in [0.25, 0.3) is 0 Å². The van der Waals surface area contributed by atoms with Crippen LogP contribution in [0, 0.1) is 23.2 Å². The molecule has 3 saturated carbocycles. The fourth-order valence-electron chi connectivity index (χ4n) is 3.73. The molecule has 0 aromatic heterocycles. The van der Waals surface area contributed by atoms with Gasteiger partial charge in [-0.3, -0.25) is 4.79 Å². The summed E-state index contributed by atoms with van der Waals surface area (Å²) in [4.78, 5) is 13.3. The second-order valence-electron chi connectivity index (χ2n) is 6.00. The maximum Gasteiger partial charge on any atom is 0.308 e. The molecule has 3 rings (SSSR count). The smallest absolute Gasteiger partial charge is 0.308 e. The highest BCUT2D eigenvalue weighted by Gasteiger charge is 2.59. The summed E-state index contributed by atoms with van der Waals surface area (Å²) in [5.74, 6) is 0.419. The van der Waals surface area contributed by atoms with E-state index >= 15 is 0 Å². The molecule has 4 atom stereocenters. The van der Waals surface area contributed by atoms with E-state index < -0.39 is 5.97 Å². The van der Waals surface area contributed by atoms with Crippen LogP contribution in [0.15, 0.2) is 0 Å². The molecule has 0 aromatic carbocycles. The van der Waals surface area contributed by atoms with E-state index in [-0.39, 0.29) is 12.0 Å². The van der Waals surface area contributed by atoms with Gasteiger partial charge in [-0.25, -0.2) is 0 Å². The standard InChI is InChI=1S/C12H21NO2/c1-12(2)7-5-8(11(14)15)10(13(3)4)9(12)6-7/h7-10H,5-6H2,1-4H3,(H,14,15)/t7-,8-,9-,10-/m1/s1. The Morgan fingerprint density at radius 2 is 1.93 bits per heavy atom. The molecular formula is C12H21NO2. The van der Waals surface area contributed by atoms with Crippen molar-refractivity contribution < 1.29 is 9.90 Å². The summed E-state index contributed by atoms with van der Waals surface area (Å²) in [5, 5.41) is 9.24. The number of carbonyl (C=O) groups is 1. The molecule has 3 nitrogen and oxygen atoms in total. The van der Waals surface area contributed by atoms with Gasteiger partial charge >= 0.3 is 5.97 Å². The number of carboxylic acid groups (broad SMARTS) is 1. The van der Waals surface area contributed by atoms with E-state index in [1.54, 1.807) is 0 Å². The van der Waals surface area contributed by atoms with Crippen LogP contribution in [0.1, 0.15) is 26.7 Å². The second-order valence-corrected chi connectivity index (χ2v) is 6.00. The maximum absolute atomic E-state index is 11.2. The van der Waals surface area contributed by atoms with E-state index in [4.69, 9.17) is 0 Å². The van der Waals surface area contributed by atoms with Gasteiger partial charge in [-0.2, -0.15) is 0 Å². The lowest BCUT2D eigenvalue weighted by Crippen LogP contribution is -2.63. The lowest BCUT2D eigenvalue weighted by atomic mass is 9.45. The van der Waals surface area contributed by atoms with Crippen molar-refractivity contribution in [3.63, 3.8) is 0 Å². The third-order valence-electron chi connectivity index (χ3n) is 4.82. The van der Waals surface area contributed by atoms with Crippen LogP contribution in [-0.4, -0.2) is 36.1 Å². The van der Waals surface area contributed by atoms with Gasteiger partial charge in [0, 0.05) is 6.04 Å². The molecule has 0 spiro atoms. The minimum Gasteiger partial charge on any atom is -0.481 e. The number of nitrogens with zero attached hydrogens (tertiary/aromatic N) is 1. The highest BCUT2D eigenvalue weighted by atomic mass is 16.4. The predicted octanol–water partition coefficient (Wildman–Crippen LogP) is 1.68. The molecule has 1 N–H and O–H groups in total. The van der Waals surface area contributed by atoms with Crippen LogP contribution < -0.4 is 0 Å². The summed E-state index contributed by atoms with van der Waals surface area (Å²) < 4.78 is 0. The lowest BCUT2D eigenvalue weighted by Gasteiger charge is -2.63. The number of rotatable bonds is 2. The van der Waals surface area contributed by atoms with Gasteiger partial charge in [-0.1, -0.05) is 13.8 Å². The fourth-order valence-corrected chi connectivity index (χ4v) is 3.73. The summed E-state index contributed by atoms with van der Waals surface area (Å²) >= 11 is 0. The van der Waals surface area contributed by atoms with Gasteiger partial charge in [-0.15, -0.1) is 0 Å². The molecule has 15 heavy (non-hydrogen) atoms. The zero-order valence-corrected chi connectivity index (χ0v) is 10.0. The van der Waals surface area contributed by atoms with Gasteiger partial charge < -0.3 is 10.0 Å². The minimum absolute atomic E-state index is 0.156. The largest absolute Gasteiger partial charge is 0.481 e. The van der Waals surface area contributed by atoms with E-state index in [9.17, 15) is 9.90 Å². The molecule has 0 aromatic rings. The Hall–Kier alpha value is -0.570. The van der Waals surface area contributed by atoms with Crippen LogP contribution in [0.4, 0.5) is 0 Å². The molecule has 3 aliphatic carbocycles. The van der Waals surface area contributed by atoms with Crippen LogP contribution in [0.3, 0.4) is 0 Å². The summed E-state index contributed by atoms with van der Waals surface area (Å²) in [7, 11) is 4.02. The lowest BCUT2D eigenvalue weighted by molar-refractivity contribution is -0.171. The van der Waals surface area contributed by atoms with Gasteiger partial charge in [-0.05, 0) is 44.2 Å². The van der Waals surface area contributed by atoms with Crippen molar-refractivity contribution in [2.75, 3.05) is 14.1 Å². The Labute approximate surface area is 91.5 Å². The van der Waals surface area contributed by atoms with E-state index in [1.807, 2.05) is 14.1 Å². The first-order valence-corrected chi connectivity index (χ1v) is 5.75. The number of carboxylic acids is 1. The molecule has 0 amide bonds. The van der Waals surface area contributed by atoms with E-state index in [1.165, 1.54) is 6.42 Å². The Balaban J connectivity index is 2.24. The summed E-state index contributed by atoms with van der Waals surface area (Å²) in [5.41, 5.74) is 0.348. The van der Waals surface area contributed by atoms with Crippen molar-refractivity contribution in [3.05, 3.63) is 0 Å². The number of aliphatic carboxylic acids is 1. The highest BCUT2D eigenvalue weighted by Crippen LogP contribution is 2.61. The second kappa shape index (κ2) is 3.21. The topological polar surface area (TPSA) is 40.5 Å². The SMILES string of the molecule is CN(C)[C@H]1[C@H]2C[C@@H](C[C@H]1C(=O)O)C2(C)C. The summed E-state index contributed by atoms with van der Waals surface area (Å²) in [6, 6.07) is 0.225. The molecule has 3 aliphatic rings. The Kier molecular flexibility index (Phi) is 2.34. The molecule has 3 heteroatoms. The van der Waals surface area contributed by atoms with Crippen LogP contribution >= 0.6 is 0 Å². The van der Waals surface area contributed by atoms with Crippen molar-refractivity contribution in [2.24, 2.45) is 23.2 Å². The van der Waals surface area contributed by atoms with Crippen molar-refractivity contribution in [1.82, 2.24) is 4.90 Å². The summed E-state index contributed by atoms with van der Waals surface area (Å²) in [6.45, 7) is 4.58. The first-order chi connectivity index (χ1) is 6.85. The number of hydrogen-bond donors (Lipinski definition) is 1. The fraction of sp³-hybridized carbons (Fsp3) is 0.917. The zero-order chi connectivity index (χ0) is 11.4. The minimum atomic E-state index is -0.612. The molecule has 0 radical (unpaired) electrons. The Morgan fingerprint density at radius 1 is 1.33 bits per heavy atom. The average Bonchev–Trinajstić information content (AvgIpc) is 2.16. The molecular weight excluding hydrogens is 190 g/mol. The molecule has 0 unspecified atom stereocenters. The Bertz CT molecular complexity index is 285. The van der Waals surface area contributed by atoms with Crippen molar-refractivity contribution in [3.8, 4) is 0 Å². The summed E-state index contributed by atoms with van der Waals surface area (Å²) in [6.07, 6.45) is 2.08. The van der Waals surface area contributed by atoms with Gasteiger partial charge in [0.25, 0.3) is 0 Å². The van der Waals surface area contributed by atoms with E-state index in [0.29, 0.717) is 17.3 Å². The van der Waals surface area contributed by atoms with E-state index in [0.717, 1.165) is 6.42 Å². The van der Waals surface area contributed by atoms with Crippen molar-refractivity contribution in [1.29, 1.82) is 0 Å². The third kappa shape index (κ3) is 1.40. The first kappa shape index (κ1) is 10.9. The highest BCUT2D eigenvalue weighted by molar-refractivity contribution is 5.71. The zero-order valence-electron chi connectivity index (χ0n) is 10.0. The molecule has 0 saturated heterocycles. The third-order valence-corrected chi connectivity index (χ3v) is 4.82. The predicted molar refractivity (Wildman–Crippen MR) is 58.6 cm³/mol. The van der Waals surface area contributed by atoms with E-state index in [2.05, 4.69) is 18.7 Å². The van der Waals surface area contributed by atoms with Gasteiger partial charge in [0.05, 0.1) is 5.92 Å². The molecule has 0 heterocycles. The molecule has 3 fully saturated rings. The van der Waals surface area contributed by atoms with Crippen LogP contribution in [0.5, 0.6) is 0 Å². The monoisotopic (exact) mass is 211 g/mol. The first-order valence-electron chi connectivity index (χ1n) is 5.75. The molecule has 2 bridgehead atoms. The van der Waals surface area contributed by atoms with Crippen molar-refractivity contribution >= 4 is 5.97 Å². The maximum atomic E-state index is 11.2. The van der Waals surface area contributed by atoms with Gasteiger partial charge in [0.1, 0.15) is 0 Å². The number of fused-ring (bicyclic) bond motifs is 2. The Morgan fingerprint density at radius 3 is 2.33 bits per heavy atom. The quantitative estimate of drug-likeness (QED) is 0.755. The van der Waals surface area contributed by atoms with Gasteiger partial charge in [0.15, 0.2) is 0 Å². The average molecular weight is 211 g/mol. The van der Waals surface area contributed by atoms with Gasteiger partial charge in [0.2, 0.25) is 0 Å². The molecule has 0 aliphatic heterocycles. The molecule has 86 valence electrons. The van der Waals surface area contributed by atoms with Crippen molar-refractivity contribution in [2.45, 2.75) is 32.7 Å². The van der Waals surface area contributed by atoms with Crippen LogP contribution in [-0.2, 0) is 4.79 Å². The van der Waals surface area contributed by atoms with Crippen LogP contribution in [0.2, 0.25) is 0 Å². The normalized spacial score (nSPS) is 42.5.